The van der Waals surface area contributed by atoms with E-state index in [1.165, 1.54) is 11.3 Å². The van der Waals surface area contributed by atoms with Crippen LogP contribution in [0.3, 0.4) is 0 Å². The molecule has 2 aromatic heterocycles. The average Bonchev–Trinajstić information content (AvgIpc) is 3.37. The highest BCUT2D eigenvalue weighted by atomic mass is 32.1. The van der Waals surface area contributed by atoms with Gasteiger partial charge < -0.3 is 20.5 Å². The van der Waals surface area contributed by atoms with Crippen LogP contribution < -0.4 is 15.4 Å². The standard InChI is InChI=1S/C27H23N5O3S/c1-16-12-21(10-11-22(16)35-2)30-25-23-26(36-15-29-23)32-24(31-25)19-5-3-4-17(13-19)14-28-20-8-6-18(7-9-20)27(33)34/h3-13,15,28H,14H2,1-2H3,(H,33,34)(H,30,31,32). The lowest BCUT2D eigenvalue weighted by Crippen LogP contribution is -2.02. The van der Waals surface area contributed by atoms with Gasteiger partial charge >= 0.3 is 5.97 Å². The van der Waals surface area contributed by atoms with E-state index < -0.39 is 5.97 Å². The van der Waals surface area contributed by atoms with E-state index in [0.717, 1.165) is 44.2 Å². The summed E-state index contributed by atoms with van der Waals surface area (Å²) in [7, 11) is 1.66. The van der Waals surface area contributed by atoms with Crippen LogP contribution in [-0.4, -0.2) is 33.1 Å². The number of aromatic nitrogens is 3. The third-order valence-electron chi connectivity index (χ3n) is 5.67. The molecule has 0 saturated carbocycles. The van der Waals surface area contributed by atoms with Crippen LogP contribution in [0, 0.1) is 6.92 Å². The molecule has 0 saturated heterocycles. The van der Waals surface area contributed by atoms with E-state index in [1.807, 2.05) is 49.4 Å². The summed E-state index contributed by atoms with van der Waals surface area (Å²) in [5.41, 5.74) is 7.43. The highest BCUT2D eigenvalue weighted by Gasteiger charge is 2.13. The fourth-order valence-electron chi connectivity index (χ4n) is 3.83. The van der Waals surface area contributed by atoms with E-state index in [2.05, 4.69) is 15.6 Å². The fourth-order valence-corrected chi connectivity index (χ4v) is 4.48. The Hall–Kier alpha value is -4.50. The second-order valence-electron chi connectivity index (χ2n) is 8.15. The van der Waals surface area contributed by atoms with Crippen molar-refractivity contribution in [2.45, 2.75) is 13.5 Å². The van der Waals surface area contributed by atoms with Gasteiger partial charge in [-0.15, -0.1) is 11.3 Å². The number of nitrogens with one attached hydrogen (secondary N) is 2. The first-order valence-electron chi connectivity index (χ1n) is 11.2. The van der Waals surface area contributed by atoms with Gasteiger partial charge in [0.2, 0.25) is 0 Å². The summed E-state index contributed by atoms with van der Waals surface area (Å²) in [5, 5.41) is 15.8. The molecule has 0 spiro atoms. The van der Waals surface area contributed by atoms with E-state index in [9.17, 15) is 4.79 Å². The first kappa shape index (κ1) is 23.3. The molecule has 0 fully saturated rings. The zero-order chi connectivity index (χ0) is 25.1. The maximum absolute atomic E-state index is 11.1. The minimum atomic E-state index is -0.942. The summed E-state index contributed by atoms with van der Waals surface area (Å²) >= 11 is 1.47. The summed E-state index contributed by atoms with van der Waals surface area (Å²) in [5.74, 6) is 1.13. The van der Waals surface area contributed by atoms with Crippen LogP contribution in [-0.2, 0) is 6.54 Å². The lowest BCUT2D eigenvalue weighted by atomic mass is 10.1. The van der Waals surface area contributed by atoms with E-state index >= 15 is 0 Å². The molecular weight excluding hydrogens is 474 g/mol. The molecular formula is C27H23N5O3S. The zero-order valence-corrected chi connectivity index (χ0v) is 20.5. The molecule has 0 radical (unpaired) electrons. The number of fused-ring (bicyclic) bond motifs is 1. The van der Waals surface area contributed by atoms with Gasteiger partial charge in [-0.3, -0.25) is 0 Å². The number of thiazole rings is 1. The molecule has 9 heteroatoms. The van der Waals surface area contributed by atoms with Crippen LogP contribution in [0.4, 0.5) is 17.2 Å². The van der Waals surface area contributed by atoms with Gasteiger partial charge in [-0.25, -0.2) is 19.7 Å². The zero-order valence-electron chi connectivity index (χ0n) is 19.6. The minimum absolute atomic E-state index is 0.257. The second kappa shape index (κ2) is 10.0. The molecule has 0 bridgehead atoms. The quantitative estimate of drug-likeness (QED) is 0.235. The number of carbonyl (C=O) groups is 1. The molecule has 3 N–H and O–H groups in total. The molecule has 0 amide bonds. The topological polar surface area (TPSA) is 109 Å². The SMILES string of the molecule is COc1ccc(Nc2nc(-c3cccc(CNc4ccc(C(=O)O)cc4)c3)nc3scnc23)cc1C. The molecule has 3 aromatic carbocycles. The number of hydrogen-bond donors (Lipinski definition) is 3. The lowest BCUT2D eigenvalue weighted by molar-refractivity contribution is 0.0697. The molecule has 0 atom stereocenters. The highest BCUT2D eigenvalue weighted by Crippen LogP contribution is 2.30. The van der Waals surface area contributed by atoms with Gasteiger partial charge in [-0.2, -0.15) is 0 Å². The van der Waals surface area contributed by atoms with Crippen molar-refractivity contribution in [3.05, 3.63) is 88.9 Å². The van der Waals surface area contributed by atoms with Crippen molar-refractivity contribution in [3.8, 4) is 17.1 Å². The van der Waals surface area contributed by atoms with Crippen molar-refractivity contribution in [2.24, 2.45) is 0 Å². The largest absolute Gasteiger partial charge is 0.496 e. The van der Waals surface area contributed by atoms with Gasteiger partial charge in [0.15, 0.2) is 11.6 Å². The Labute approximate surface area is 211 Å². The van der Waals surface area contributed by atoms with Gasteiger partial charge in [-0.05, 0) is 66.6 Å². The van der Waals surface area contributed by atoms with Gasteiger partial charge in [-0.1, -0.05) is 18.2 Å². The van der Waals surface area contributed by atoms with Crippen LogP contribution in [0.5, 0.6) is 5.75 Å². The highest BCUT2D eigenvalue weighted by molar-refractivity contribution is 7.16. The predicted molar refractivity (Wildman–Crippen MR) is 142 cm³/mol. The Morgan fingerprint density at radius 2 is 1.83 bits per heavy atom. The van der Waals surface area contributed by atoms with Crippen molar-refractivity contribution >= 4 is 44.8 Å². The first-order chi connectivity index (χ1) is 17.5. The van der Waals surface area contributed by atoms with Crippen molar-refractivity contribution in [3.63, 3.8) is 0 Å². The van der Waals surface area contributed by atoms with Crippen LogP contribution in [0.2, 0.25) is 0 Å². The predicted octanol–water partition coefficient (Wildman–Crippen LogP) is 6.12. The molecule has 36 heavy (non-hydrogen) atoms. The average molecular weight is 498 g/mol. The number of anilines is 3. The maximum Gasteiger partial charge on any atom is 0.335 e. The Kier molecular flexibility index (Phi) is 6.46. The molecule has 0 aliphatic rings. The molecule has 5 aromatic rings. The van der Waals surface area contributed by atoms with Gasteiger partial charge in [0.1, 0.15) is 16.1 Å². The number of benzene rings is 3. The minimum Gasteiger partial charge on any atom is -0.496 e. The molecule has 0 unspecified atom stereocenters. The summed E-state index contributed by atoms with van der Waals surface area (Å²) < 4.78 is 5.37. The third kappa shape index (κ3) is 4.96. The fraction of sp³-hybridized carbons (Fsp3) is 0.111. The van der Waals surface area contributed by atoms with Crippen molar-refractivity contribution in [2.75, 3.05) is 17.7 Å². The van der Waals surface area contributed by atoms with Gasteiger partial charge in [0.05, 0.1) is 18.2 Å². The number of rotatable bonds is 8. The van der Waals surface area contributed by atoms with E-state index in [0.29, 0.717) is 18.2 Å². The number of hydrogen-bond acceptors (Lipinski definition) is 8. The summed E-state index contributed by atoms with van der Waals surface area (Å²) in [6.45, 7) is 2.56. The Morgan fingerprint density at radius 3 is 2.58 bits per heavy atom. The van der Waals surface area contributed by atoms with Crippen molar-refractivity contribution in [1.82, 2.24) is 15.0 Å². The number of ether oxygens (including phenoxy) is 1. The van der Waals surface area contributed by atoms with Crippen LogP contribution in [0.15, 0.2) is 72.2 Å². The number of nitrogens with zero attached hydrogens (tertiary/aromatic N) is 3. The number of methoxy groups -OCH3 is 1. The number of aryl methyl sites for hydroxylation is 1. The first-order valence-corrected chi connectivity index (χ1v) is 12.1. The normalized spacial score (nSPS) is 10.8. The maximum atomic E-state index is 11.1. The Morgan fingerprint density at radius 1 is 1.03 bits per heavy atom. The van der Waals surface area contributed by atoms with Crippen LogP contribution in [0.25, 0.3) is 21.7 Å². The monoisotopic (exact) mass is 497 g/mol. The Bertz CT molecular complexity index is 1550. The number of carboxylic acids is 1. The van der Waals surface area contributed by atoms with Crippen LogP contribution >= 0.6 is 11.3 Å². The molecule has 8 nitrogen and oxygen atoms in total. The van der Waals surface area contributed by atoms with Crippen LogP contribution in [0.1, 0.15) is 21.5 Å². The molecule has 0 aliphatic carbocycles. The Balaban J connectivity index is 1.40. The summed E-state index contributed by atoms with van der Waals surface area (Å²) in [6.07, 6.45) is 0. The molecule has 5 rings (SSSR count). The summed E-state index contributed by atoms with van der Waals surface area (Å²) in [6, 6.07) is 20.6. The summed E-state index contributed by atoms with van der Waals surface area (Å²) in [4.78, 5) is 25.9. The number of aromatic carboxylic acids is 1. The molecule has 180 valence electrons. The van der Waals surface area contributed by atoms with E-state index in [4.69, 9.17) is 19.8 Å². The third-order valence-corrected chi connectivity index (χ3v) is 6.39. The van der Waals surface area contributed by atoms with Gasteiger partial charge in [0, 0.05) is 23.5 Å². The van der Waals surface area contributed by atoms with Crippen molar-refractivity contribution in [1.29, 1.82) is 0 Å². The molecule has 0 aliphatic heterocycles. The van der Waals surface area contributed by atoms with E-state index in [1.54, 1.807) is 36.9 Å². The number of carboxylic acid groups (broad SMARTS) is 1. The second-order valence-corrected chi connectivity index (χ2v) is 8.98. The van der Waals surface area contributed by atoms with E-state index in [-0.39, 0.29) is 5.56 Å². The van der Waals surface area contributed by atoms with Crippen molar-refractivity contribution < 1.29 is 14.6 Å². The smallest absolute Gasteiger partial charge is 0.335 e. The lowest BCUT2D eigenvalue weighted by Gasteiger charge is -2.12. The molecule has 2 heterocycles. The van der Waals surface area contributed by atoms with Gasteiger partial charge in [0.25, 0.3) is 0 Å².